The standard InChI is InChI=1S/C21H22N6O/c1-27(13-16-6-3-5-15(9-16)12-22)14-18-11-20(26-21(23)25-18)24-17-7-4-8-19(10-17)28-2/h3-11H,13-14H2,1-2H3,(H3,23,24,25,26). The smallest absolute Gasteiger partial charge is 0.222 e. The molecule has 0 amide bonds. The van der Waals surface area contributed by atoms with E-state index in [0.29, 0.717) is 24.5 Å². The van der Waals surface area contributed by atoms with E-state index in [1.54, 1.807) is 13.2 Å². The van der Waals surface area contributed by atoms with Crippen LogP contribution in [0.4, 0.5) is 17.5 Å². The highest BCUT2D eigenvalue weighted by molar-refractivity contribution is 5.59. The van der Waals surface area contributed by atoms with Gasteiger partial charge in [0.15, 0.2) is 0 Å². The van der Waals surface area contributed by atoms with Crippen LogP contribution >= 0.6 is 0 Å². The molecule has 3 aromatic rings. The molecule has 1 heterocycles. The molecule has 0 unspecified atom stereocenters. The number of rotatable bonds is 7. The monoisotopic (exact) mass is 374 g/mol. The number of aromatic nitrogens is 2. The number of nitriles is 1. The first-order valence-corrected chi connectivity index (χ1v) is 8.78. The number of nitrogens with two attached hydrogens (primary N) is 1. The first-order valence-electron chi connectivity index (χ1n) is 8.78. The number of benzene rings is 2. The van der Waals surface area contributed by atoms with E-state index >= 15 is 0 Å². The van der Waals surface area contributed by atoms with Gasteiger partial charge in [0.2, 0.25) is 5.95 Å². The molecule has 0 aliphatic rings. The first-order chi connectivity index (χ1) is 13.6. The van der Waals surface area contributed by atoms with E-state index in [1.807, 2.05) is 55.6 Å². The number of hydrogen-bond donors (Lipinski definition) is 2. The van der Waals surface area contributed by atoms with Crippen molar-refractivity contribution in [3.8, 4) is 11.8 Å². The summed E-state index contributed by atoms with van der Waals surface area (Å²) in [5, 5.41) is 12.3. The molecule has 7 heteroatoms. The Kier molecular flexibility index (Phi) is 6.04. The normalized spacial score (nSPS) is 10.5. The van der Waals surface area contributed by atoms with Crippen molar-refractivity contribution >= 4 is 17.5 Å². The lowest BCUT2D eigenvalue weighted by molar-refractivity contribution is 0.315. The van der Waals surface area contributed by atoms with Crippen LogP contribution in [0.5, 0.6) is 5.75 Å². The summed E-state index contributed by atoms with van der Waals surface area (Å²) in [6.45, 7) is 1.29. The second kappa shape index (κ2) is 8.84. The van der Waals surface area contributed by atoms with Gasteiger partial charge in [-0.05, 0) is 36.9 Å². The third-order valence-corrected chi connectivity index (χ3v) is 4.08. The van der Waals surface area contributed by atoms with Gasteiger partial charge in [0, 0.05) is 30.9 Å². The molecule has 0 saturated heterocycles. The van der Waals surface area contributed by atoms with Crippen LogP contribution in [0.1, 0.15) is 16.8 Å². The highest BCUT2D eigenvalue weighted by Crippen LogP contribution is 2.21. The lowest BCUT2D eigenvalue weighted by Crippen LogP contribution is -2.18. The fraction of sp³-hybridized carbons (Fsp3) is 0.190. The van der Waals surface area contributed by atoms with Gasteiger partial charge in [-0.15, -0.1) is 0 Å². The Hall–Kier alpha value is -3.63. The number of nitrogens with one attached hydrogen (secondary N) is 1. The molecule has 0 bridgehead atoms. The van der Waals surface area contributed by atoms with Crippen LogP contribution in [-0.4, -0.2) is 29.0 Å². The van der Waals surface area contributed by atoms with Gasteiger partial charge in [0.25, 0.3) is 0 Å². The van der Waals surface area contributed by atoms with Gasteiger partial charge in [-0.25, -0.2) is 4.98 Å². The lowest BCUT2D eigenvalue weighted by atomic mass is 10.1. The Morgan fingerprint density at radius 3 is 2.71 bits per heavy atom. The van der Waals surface area contributed by atoms with Crippen molar-refractivity contribution in [1.29, 1.82) is 5.26 Å². The minimum atomic E-state index is 0.211. The summed E-state index contributed by atoms with van der Waals surface area (Å²) < 4.78 is 5.24. The SMILES string of the molecule is COc1cccc(Nc2cc(CN(C)Cc3cccc(C#N)c3)nc(N)n2)c1. The second-order valence-electron chi connectivity index (χ2n) is 6.44. The molecule has 0 atom stereocenters. The second-order valence-corrected chi connectivity index (χ2v) is 6.44. The zero-order valence-corrected chi connectivity index (χ0v) is 15.9. The fourth-order valence-corrected chi connectivity index (χ4v) is 2.90. The first kappa shape index (κ1) is 19.1. The molecule has 0 aliphatic carbocycles. The summed E-state index contributed by atoms with van der Waals surface area (Å²) in [4.78, 5) is 10.7. The van der Waals surface area contributed by atoms with E-state index < -0.39 is 0 Å². The van der Waals surface area contributed by atoms with E-state index in [1.165, 1.54) is 0 Å². The van der Waals surface area contributed by atoms with Crippen LogP contribution in [0.15, 0.2) is 54.6 Å². The summed E-state index contributed by atoms with van der Waals surface area (Å²) >= 11 is 0. The van der Waals surface area contributed by atoms with Gasteiger partial charge in [-0.1, -0.05) is 18.2 Å². The maximum Gasteiger partial charge on any atom is 0.222 e. The van der Waals surface area contributed by atoms with E-state index in [-0.39, 0.29) is 5.95 Å². The third kappa shape index (κ3) is 5.19. The van der Waals surface area contributed by atoms with Gasteiger partial charge < -0.3 is 15.8 Å². The van der Waals surface area contributed by atoms with Crippen LogP contribution in [0.2, 0.25) is 0 Å². The van der Waals surface area contributed by atoms with Crippen molar-refractivity contribution in [1.82, 2.24) is 14.9 Å². The quantitative estimate of drug-likeness (QED) is 0.654. The van der Waals surface area contributed by atoms with Crippen molar-refractivity contribution in [2.45, 2.75) is 13.1 Å². The van der Waals surface area contributed by atoms with Crippen LogP contribution in [0, 0.1) is 11.3 Å². The Bertz CT molecular complexity index is 998. The topological polar surface area (TPSA) is 100 Å². The molecule has 1 aromatic heterocycles. The zero-order chi connectivity index (χ0) is 19.9. The Morgan fingerprint density at radius 1 is 1.11 bits per heavy atom. The number of nitrogen functional groups attached to an aromatic ring is 1. The maximum atomic E-state index is 9.04. The number of hydrogen-bond acceptors (Lipinski definition) is 7. The highest BCUT2D eigenvalue weighted by Gasteiger charge is 2.08. The summed E-state index contributed by atoms with van der Waals surface area (Å²) in [6, 6.07) is 19.2. The molecule has 0 aliphatic heterocycles. The molecule has 2 aromatic carbocycles. The Morgan fingerprint density at radius 2 is 1.93 bits per heavy atom. The van der Waals surface area contributed by atoms with Crippen LogP contribution in [-0.2, 0) is 13.1 Å². The average molecular weight is 374 g/mol. The van der Waals surface area contributed by atoms with Crippen LogP contribution < -0.4 is 15.8 Å². The Labute approximate surface area is 164 Å². The maximum absolute atomic E-state index is 9.04. The van der Waals surface area contributed by atoms with Crippen LogP contribution in [0.3, 0.4) is 0 Å². The summed E-state index contributed by atoms with van der Waals surface area (Å²) in [7, 11) is 3.62. The highest BCUT2D eigenvalue weighted by atomic mass is 16.5. The average Bonchev–Trinajstić information content (AvgIpc) is 2.67. The molecule has 7 nitrogen and oxygen atoms in total. The lowest BCUT2D eigenvalue weighted by Gasteiger charge is -2.17. The molecular weight excluding hydrogens is 352 g/mol. The predicted octanol–water partition coefficient (Wildman–Crippen LogP) is 3.31. The van der Waals surface area contributed by atoms with Gasteiger partial charge >= 0.3 is 0 Å². The number of anilines is 3. The van der Waals surface area contributed by atoms with Crippen molar-refractivity contribution < 1.29 is 4.74 Å². The molecule has 0 radical (unpaired) electrons. The van der Waals surface area contributed by atoms with Crippen molar-refractivity contribution in [2.24, 2.45) is 0 Å². The predicted molar refractivity (Wildman–Crippen MR) is 109 cm³/mol. The van der Waals surface area contributed by atoms with E-state index in [2.05, 4.69) is 26.3 Å². The summed E-state index contributed by atoms with van der Waals surface area (Å²) in [5.41, 5.74) is 9.27. The zero-order valence-electron chi connectivity index (χ0n) is 15.9. The number of nitrogens with zero attached hydrogens (tertiary/aromatic N) is 4. The van der Waals surface area contributed by atoms with E-state index in [9.17, 15) is 0 Å². The largest absolute Gasteiger partial charge is 0.497 e. The molecule has 0 fully saturated rings. The molecule has 3 rings (SSSR count). The molecule has 142 valence electrons. The molecule has 0 saturated carbocycles. The molecular formula is C21H22N6O. The summed E-state index contributed by atoms with van der Waals surface area (Å²) in [5.74, 6) is 1.59. The molecule has 0 spiro atoms. The molecule has 3 N–H and O–H groups in total. The van der Waals surface area contributed by atoms with Gasteiger partial charge in [0.05, 0.1) is 24.4 Å². The van der Waals surface area contributed by atoms with Crippen molar-refractivity contribution in [3.63, 3.8) is 0 Å². The Balaban J connectivity index is 1.70. The van der Waals surface area contributed by atoms with Crippen molar-refractivity contribution in [3.05, 3.63) is 71.4 Å². The van der Waals surface area contributed by atoms with E-state index in [0.717, 1.165) is 22.7 Å². The van der Waals surface area contributed by atoms with Gasteiger partial charge in [-0.3, -0.25) is 4.90 Å². The minimum absolute atomic E-state index is 0.211. The van der Waals surface area contributed by atoms with Gasteiger partial charge in [0.1, 0.15) is 11.6 Å². The minimum Gasteiger partial charge on any atom is -0.497 e. The van der Waals surface area contributed by atoms with Crippen molar-refractivity contribution in [2.75, 3.05) is 25.2 Å². The fourth-order valence-electron chi connectivity index (χ4n) is 2.90. The number of ether oxygens (including phenoxy) is 1. The van der Waals surface area contributed by atoms with Gasteiger partial charge in [-0.2, -0.15) is 10.2 Å². The summed E-state index contributed by atoms with van der Waals surface area (Å²) in [6.07, 6.45) is 0. The van der Waals surface area contributed by atoms with E-state index in [4.69, 9.17) is 15.7 Å². The van der Waals surface area contributed by atoms with Crippen LogP contribution in [0.25, 0.3) is 0 Å². The third-order valence-electron chi connectivity index (χ3n) is 4.08. The molecule has 28 heavy (non-hydrogen) atoms. The number of methoxy groups -OCH3 is 1.